The highest BCUT2D eigenvalue weighted by atomic mass is 19.1. The number of halogens is 1. The van der Waals surface area contributed by atoms with Crippen molar-refractivity contribution in [2.24, 2.45) is 5.73 Å². The van der Waals surface area contributed by atoms with Crippen LogP contribution in [0.2, 0.25) is 0 Å². The van der Waals surface area contributed by atoms with Crippen molar-refractivity contribution in [2.45, 2.75) is 20.4 Å². The van der Waals surface area contributed by atoms with Gasteiger partial charge in [-0.15, -0.1) is 0 Å². The van der Waals surface area contributed by atoms with Gasteiger partial charge < -0.3 is 10.6 Å². The van der Waals surface area contributed by atoms with Crippen LogP contribution in [0.3, 0.4) is 0 Å². The van der Waals surface area contributed by atoms with Gasteiger partial charge in [0.2, 0.25) is 0 Å². The summed E-state index contributed by atoms with van der Waals surface area (Å²) in [4.78, 5) is 2.19. The van der Waals surface area contributed by atoms with E-state index in [4.69, 9.17) is 11.1 Å². The lowest BCUT2D eigenvalue weighted by molar-refractivity contribution is 0.626. The van der Waals surface area contributed by atoms with E-state index in [9.17, 15) is 4.39 Å². The number of nitrogens with zero attached hydrogens (tertiary/aromatic N) is 1. The second kappa shape index (κ2) is 6.39. The van der Waals surface area contributed by atoms with Crippen molar-refractivity contribution in [3.05, 3.63) is 65.0 Å². The number of nitrogens with two attached hydrogens (primary N) is 1. The van der Waals surface area contributed by atoms with Crippen LogP contribution >= 0.6 is 0 Å². The molecule has 4 heteroatoms. The molecule has 0 bridgehead atoms. The van der Waals surface area contributed by atoms with E-state index >= 15 is 0 Å². The molecule has 2 rings (SSSR count). The normalized spacial score (nSPS) is 10.4. The number of hydrogen-bond donors (Lipinski definition) is 2. The van der Waals surface area contributed by atoms with E-state index in [1.165, 1.54) is 17.7 Å². The molecule has 0 aromatic heterocycles. The second-order valence-electron chi connectivity index (χ2n) is 5.02. The Balaban J connectivity index is 2.36. The molecule has 0 radical (unpaired) electrons. The lowest BCUT2D eigenvalue weighted by atomic mass is 10.0. The third kappa shape index (κ3) is 3.40. The molecular formula is C17H20FN3. The maximum atomic E-state index is 13.3. The van der Waals surface area contributed by atoms with Crippen molar-refractivity contribution in [3.63, 3.8) is 0 Å². The molecule has 0 heterocycles. The number of anilines is 1. The third-order valence-electron chi connectivity index (χ3n) is 3.56. The number of nitrogens with one attached hydrogen (secondary N) is 1. The van der Waals surface area contributed by atoms with E-state index in [1.54, 1.807) is 6.07 Å². The standard InChI is InChI=1S/C17H20FN3/c1-3-21(16-7-5-4-6-12(16)2)11-13-8-9-14(18)10-15(13)17(19)20/h4-10H,3,11H2,1-2H3,(H3,19,20). The highest BCUT2D eigenvalue weighted by molar-refractivity contribution is 5.96. The molecule has 0 aliphatic carbocycles. The summed E-state index contributed by atoms with van der Waals surface area (Å²) in [5.74, 6) is -0.478. The van der Waals surface area contributed by atoms with E-state index in [0.29, 0.717) is 12.1 Å². The van der Waals surface area contributed by atoms with Crippen LogP contribution in [0, 0.1) is 18.2 Å². The molecule has 0 spiro atoms. The molecule has 2 aromatic carbocycles. The molecule has 0 atom stereocenters. The Morgan fingerprint density at radius 1 is 1.24 bits per heavy atom. The molecule has 21 heavy (non-hydrogen) atoms. The molecule has 0 saturated carbocycles. The lowest BCUT2D eigenvalue weighted by Gasteiger charge is -2.26. The van der Waals surface area contributed by atoms with Crippen molar-refractivity contribution in [1.82, 2.24) is 0 Å². The molecule has 0 aliphatic rings. The minimum atomic E-state index is -0.372. The van der Waals surface area contributed by atoms with Crippen LogP contribution in [0.15, 0.2) is 42.5 Å². The fourth-order valence-corrected chi connectivity index (χ4v) is 2.43. The van der Waals surface area contributed by atoms with Gasteiger partial charge in [0, 0.05) is 24.3 Å². The Labute approximate surface area is 124 Å². The number of hydrogen-bond acceptors (Lipinski definition) is 2. The van der Waals surface area contributed by atoms with Crippen LogP contribution in [0.25, 0.3) is 0 Å². The van der Waals surface area contributed by atoms with E-state index in [-0.39, 0.29) is 11.7 Å². The van der Waals surface area contributed by atoms with Gasteiger partial charge in [0.15, 0.2) is 0 Å². The fourth-order valence-electron chi connectivity index (χ4n) is 2.43. The first-order valence-electron chi connectivity index (χ1n) is 6.96. The summed E-state index contributed by atoms with van der Waals surface area (Å²) in [5.41, 5.74) is 9.21. The molecule has 0 fully saturated rings. The summed E-state index contributed by atoms with van der Waals surface area (Å²) in [6.45, 7) is 5.55. The number of nitrogen functional groups attached to an aromatic ring is 1. The van der Waals surface area contributed by atoms with Gasteiger partial charge in [-0.25, -0.2) is 4.39 Å². The lowest BCUT2D eigenvalue weighted by Crippen LogP contribution is -2.25. The average molecular weight is 285 g/mol. The average Bonchev–Trinajstić information content (AvgIpc) is 2.46. The third-order valence-corrected chi connectivity index (χ3v) is 3.56. The van der Waals surface area contributed by atoms with Gasteiger partial charge in [-0.1, -0.05) is 24.3 Å². The molecule has 0 unspecified atom stereocenters. The van der Waals surface area contributed by atoms with Crippen molar-refractivity contribution in [1.29, 1.82) is 5.41 Å². The van der Waals surface area contributed by atoms with Gasteiger partial charge in [-0.05, 0) is 43.2 Å². The van der Waals surface area contributed by atoms with Gasteiger partial charge in [0.1, 0.15) is 11.7 Å². The molecule has 0 saturated heterocycles. The van der Waals surface area contributed by atoms with Gasteiger partial charge >= 0.3 is 0 Å². The highest BCUT2D eigenvalue weighted by Gasteiger charge is 2.12. The van der Waals surface area contributed by atoms with Crippen LogP contribution in [0.5, 0.6) is 0 Å². The van der Waals surface area contributed by atoms with Gasteiger partial charge in [-0.3, -0.25) is 5.41 Å². The monoisotopic (exact) mass is 285 g/mol. The van der Waals surface area contributed by atoms with Gasteiger partial charge in [0.25, 0.3) is 0 Å². The molecule has 3 nitrogen and oxygen atoms in total. The van der Waals surface area contributed by atoms with Crippen LogP contribution in [0.4, 0.5) is 10.1 Å². The van der Waals surface area contributed by atoms with E-state index in [0.717, 1.165) is 17.8 Å². The number of aryl methyl sites for hydroxylation is 1. The minimum absolute atomic E-state index is 0.106. The largest absolute Gasteiger partial charge is 0.384 e. The summed E-state index contributed by atoms with van der Waals surface area (Å²) < 4.78 is 13.3. The fraction of sp³-hybridized carbons (Fsp3) is 0.235. The molecule has 3 N–H and O–H groups in total. The van der Waals surface area contributed by atoms with Crippen molar-refractivity contribution >= 4 is 11.5 Å². The van der Waals surface area contributed by atoms with E-state index in [2.05, 4.69) is 30.9 Å². The number of para-hydroxylation sites is 1. The molecule has 0 aliphatic heterocycles. The smallest absolute Gasteiger partial charge is 0.123 e. The quantitative estimate of drug-likeness (QED) is 0.653. The Bertz CT molecular complexity index is 652. The van der Waals surface area contributed by atoms with Crippen molar-refractivity contribution < 1.29 is 4.39 Å². The first-order chi connectivity index (χ1) is 10.0. The van der Waals surface area contributed by atoms with E-state index < -0.39 is 0 Å². The molecular weight excluding hydrogens is 265 g/mol. The molecule has 2 aromatic rings. The van der Waals surface area contributed by atoms with E-state index in [1.807, 2.05) is 12.1 Å². The Morgan fingerprint density at radius 2 is 1.95 bits per heavy atom. The van der Waals surface area contributed by atoms with Crippen molar-refractivity contribution in [3.8, 4) is 0 Å². The Morgan fingerprint density at radius 3 is 2.57 bits per heavy atom. The summed E-state index contributed by atoms with van der Waals surface area (Å²) in [5, 5.41) is 7.61. The van der Waals surface area contributed by atoms with Crippen LogP contribution in [0.1, 0.15) is 23.6 Å². The predicted molar refractivity (Wildman–Crippen MR) is 85.3 cm³/mol. The minimum Gasteiger partial charge on any atom is -0.384 e. The van der Waals surface area contributed by atoms with Crippen LogP contribution in [-0.4, -0.2) is 12.4 Å². The second-order valence-corrected chi connectivity index (χ2v) is 5.02. The summed E-state index contributed by atoms with van der Waals surface area (Å²) in [7, 11) is 0. The molecule has 0 amide bonds. The SMILES string of the molecule is CCN(Cc1ccc(F)cc1C(=N)N)c1ccccc1C. The Hall–Kier alpha value is -2.36. The van der Waals surface area contributed by atoms with Crippen molar-refractivity contribution in [2.75, 3.05) is 11.4 Å². The topological polar surface area (TPSA) is 53.1 Å². The zero-order chi connectivity index (χ0) is 15.4. The number of benzene rings is 2. The number of rotatable bonds is 5. The maximum absolute atomic E-state index is 13.3. The first-order valence-corrected chi connectivity index (χ1v) is 6.96. The predicted octanol–water partition coefficient (Wildman–Crippen LogP) is 3.44. The first kappa shape index (κ1) is 15.0. The van der Waals surface area contributed by atoms with Gasteiger partial charge in [-0.2, -0.15) is 0 Å². The summed E-state index contributed by atoms with van der Waals surface area (Å²) in [6, 6.07) is 12.6. The number of amidine groups is 1. The van der Waals surface area contributed by atoms with Crippen LogP contribution < -0.4 is 10.6 Å². The maximum Gasteiger partial charge on any atom is 0.123 e. The van der Waals surface area contributed by atoms with Gasteiger partial charge in [0.05, 0.1) is 0 Å². The zero-order valence-corrected chi connectivity index (χ0v) is 12.4. The van der Waals surface area contributed by atoms with Crippen LogP contribution in [-0.2, 0) is 6.54 Å². The highest BCUT2D eigenvalue weighted by Crippen LogP contribution is 2.22. The molecule has 110 valence electrons. The summed E-state index contributed by atoms with van der Waals surface area (Å²) in [6.07, 6.45) is 0. The zero-order valence-electron chi connectivity index (χ0n) is 12.4. The summed E-state index contributed by atoms with van der Waals surface area (Å²) >= 11 is 0. The Kier molecular flexibility index (Phi) is 4.58.